The van der Waals surface area contributed by atoms with E-state index in [1.54, 1.807) is 18.4 Å². The minimum absolute atomic E-state index is 0.332. The third kappa shape index (κ3) is 2.33. The number of hydrogen-bond donors (Lipinski definition) is 1. The zero-order chi connectivity index (χ0) is 14.2. The Morgan fingerprint density at radius 2 is 2.20 bits per heavy atom. The van der Waals surface area contributed by atoms with Crippen LogP contribution in [0.5, 0.6) is 0 Å². The molecule has 0 amide bonds. The van der Waals surface area contributed by atoms with Crippen molar-refractivity contribution in [2.24, 2.45) is 5.73 Å². The summed E-state index contributed by atoms with van der Waals surface area (Å²) in [4.78, 5) is 5.34. The van der Waals surface area contributed by atoms with Gasteiger partial charge in [0.2, 0.25) is 0 Å². The van der Waals surface area contributed by atoms with Gasteiger partial charge in [0.1, 0.15) is 5.54 Å². The maximum absolute atomic E-state index is 6.11. The summed E-state index contributed by atoms with van der Waals surface area (Å²) in [6.07, 6.45) is 0. The second-order valence-electron chi connectivity index (χ2n) is 4.92. The minimum Gasteiger partial charge on any atom is -0.382 e. The first-order valence-corrected chi connectivity index (χ1v) is 7.03. The van der Waals surface area contributed by atoms with E-state index in [0.717, 1.165) is 4.88 Å². The highest BCUT2D eigenvalue weighted by Crippen LogP contribution is 2.33. The van der Waals surface area contributed by atoms with Crippen molar-refractivity contribution in [3.8, 4) is 10.8 Å². The standard InChI is InChI=1S/C14H15N3O2S/c1-14(15,8-18-2)13-16-12(19-17-13)11-7-9-5-3-4-6-10(9)20-11/h3-7H,8,15H2,1-2H3. The van der Waals surface area contributed by atoms with Gasteiger partial charge in [-0.3, -0.25) is 0 Å². The van der Waals surface area contributed by atoms with E-state index >= 15 is 0 Å². The summed E-state index contributed by atoms with van der Waals surface area (Å²) in [5.74, 6) is 0.945. The van der Waals surface area contributed by atoms with E-state index in [4.69, 9.17) is 15.0 Å². The Bertz CT molecular complexity index is 700. The van der Waals surface area contributed by atoms with Gasteiger partial charge in [-0.25, -0.2) is 0 Å². The van der Waals surface area contributed by atoms with Crippen molar-refractivity contribution in [3.05, 3.63) is 36.2 Å². The van der Waals surface area contributed by atoms with Crippen LogP contribution in [0.3, 0.4) is 0 Å². The third-order valence-corrected chi connectivity index (χ3v) is 4.12. The lowest BCUT2D eigenvalue weighted by molar-refractivity contribution is 0.135. The molecule has 1 aromatic carbocycles. The molecular formula is C14H15N3O2S. The fourth-order valence-corrected chi connectivity index (χ4v) is 2.99. The Hall–Kier alpha value is -1.76. The van der Waals surface area contributed by atoms with Gasteiger partial charge in [0.25, 0.3) is 5.89 Å². The zero-order valence-corrected chi connectivity index (χ0v) is 12.1. The smallest absolute Gasteiger partial charge is 0.268 e. The first kappa shape index (κ1) is 13.2. The van der Waals surface area contributed by atoms with E-state index in [1.165, 1.54) is 10.1 Å². The van der Waals surface area contributed by atoms with Gasteiger partial charge in [-0.1, -0.05) is 23.4 Å². The fraction of sp³-hybridized carbons (Fsp3) is 0.286. The molecule has 2 heterocycles. The van der Waals surface area contributed by atoms with E-state index in [0.29, 0.717) is 18.3 Å². The molecule has 0 radical (unpaired) electrons. The fourth-order valence-electron chi connectivity index (χ4n) is 2.01. The van der Waals surface area contributed by atoms with Gasteiger partial charge < -0.3 is 15.0 Å². The third-order valence-electron chi connectivity index (χ3n) is 3.02. The minimum atomic E-state index is -0.757. The van der Waals surface area contributed by atoms with Gasteiger partial charge in [0.15, 0.2) is 5.82 Å². The van der Waals surface area contributed by atoms with Crippen LogP contribution >= 0.6 is 11.3 Å². The molecule has 0 aliphatic rings. The predicted octanol–water partition coefficient (Wildman–Crippen LogP) is 2.77. The average Bonchev–Trinajstić information content (AvgIpc) is 3.05. The van der Waals surface area contributed by atoms with Crippen molar-refractivity contribution >= 4 is 21.4 Å². The number of ether oxygens (including phenoxy) is 1. The van der Waals surface area contributed by atoms with Crippen LogP contribution in [0.4, 0.5) is 0 Å². The number of hydrogen-bond acceptors (Lipinski definition) is 6. The lowest BCUT2D eigenvalue weighted by atomic mass is 10.1. The molecular weight excluding hydrogens is 274 g/mol. The lowest BCUT2D eigenvalue weighted by Crippen LogP contribution is -2.38. The quantitative estimate of drug-likeness (QED) is 0.799. The summed E-state index contributed by atoms with van der Waals surface area (Å²) in [5.41, 5.74) is 5.35. The maximum atomic E-state index is 6.11. The summed E-state index contributed by atoms with van der Waals surface area (Å²) in [6, 6.07) is 10.2. The van der Waals surface area contributed by atoms with Crippen molar-refractivity contribution < 1.29 is 9.26 Å². The highest BCUT2D eigenvalue weighted by atomic mass is 32.1. The van der Waals surface area contributed by atoms with Crippen LogP contribution in [-0.2, 0) is 10.3 Å². The number of benzene rings is 1. The Labute approximate surface area is 120 Å². The Kier molecular flexibility index (Phi) is 3.29. The number of aromatic nitrogens is 2. The largest absolute Gasteiger partial charge is 0.382 e. The van der Waals surface area contributed by atoms with Crippen LogP contribution in [0.1, 0.15) is 12.7 Å². The van der Waals surface area contributed by atoms with Crippen LogP contribution in [-0.4, -0.2) is 23.9 Å². The molecule has 3 rings (SSSR count). The molecule has 104 valence electrons. The van der Waals surface area contributed by atoms with Crippen LogP contribution < -0.4 is 5.73 Å². The van der Waals surface area contributed by atoms with Crippen LogP contribution in [0.15, 0.2) is 34.9 Å². The Morgan fingerprint density at radius 3 is 2.95 bits per heavy atom. The van der Waals surface area contributed by atoms with Gasteiger partial charge in [-0.05, 0) is 24.4 Å². The van der Waals surface area contributed by atoms with Gasteiger partial charge >= 0.3 is 0 Å². The molecule has 0 aliphatic heterocycles. The SMILES string of the molecule is COCC(C)(N)c1noc(-c2cc3ccccc3s2)n1. The molecule has 0 fully saturated rings. The topological polar surface area (TPSA) is 74.2 Å². The van der Waals surface area contributed by atoms with Crippen LogP contribution in [0, 0.1) is 0 Å². The van der Waals surface area contributed by atoms with Crippen molar-refractivity contribution in [1.82, 2.24) is 10.1 Å². The molecule has 2 N–H and O–H groups in total. The van der Waals surface area contributed by atoms with Crippen molar-refractivity contribution in [3.63, 3.8) is 0 Å². The molecule has 0 bridgehead atoms. The second kappa shape index (κ2) is 4.97. The van der Waals surface area contributed by atoms with Gasteiger partial charge in [0, 0.05) is 11.8 Å². The molecule has 0 spiro atoms. The molecule has 0 saturated heterocycles. The molecule has 0 saturated carbocycles. The number of rotatable bonds is 4. The average molecular weight is 289 g/mol. The second-order valence-corrected chi connectivity index (χ2v) is 6.01. The van der Waals surface area contributed by atoms with Crippen LogP contribution in [0.25, 0.3) is 20.9 Å². The molecule has 1 unspecified atom stereocenters. The summed E-state index contributed by atoms with van der Waals surface area (Å²) in [7, 11) is 1.60. The van der Waals surface area contributed by atoms with Gasteiger partial charge in [-0.2, -0.15) is 4.98 Å². The summed E-state index contributed by atoms with van der Waals surface area (Å²) in [5, 5.41) is 5.13. The van der Waals surface area contributed by atoms with E-state index < -0.39 is 5.54 Å². The molecule has 20 heavy (non-hydrogen) atoms. The summed E-state index contributed by atoms with van der Waals surface area (Å²) >= 11 is 1.62. The van der Waals surface area contributed by atoms with E-state index in [9.17, 15) is 0 Å². The van der Waals surface area contributed by atoms with Gasteiger partial charge in [0.05, 0.1) is 11.5 Å². The first-order chi connectivity index (χ1) is 9.60. The summed E-state index contributed by atoms with van der Waals surface area (Å²) < 4.78 is 11.6. The molecule has 1 atom stereocenters. The number of nitrogens with zero attached hydrogens (tertiary/aromatic N) is 2. The molecule has 5 nitrogen and oxygen atoms in total. The highest BCUT2D eigenvalue weighted by molar-refractivity contribution is 7.22. The highest BCUT2D eigenvalue weighted by Gasteiger charge is 2.28. The van der Waals surface area contributed by atoms with E-state index in [-0.39, 0.29) is 0 Å². The first-order valence-electron chi connectivity index (χ1n) is 6.21. The number of thiophene rings is 1. The van der Waals surface area contributed by atoms with Crippen molar-refractivity contribution in [1.29, 1.82) is 0 Å². The van der Waals surface area contributed by atoms with Gasteiger partial charge in [-0.15, -0.1) is 11.3 Å². The zero-order valence-electron chi connectivity index (χ0n) is 11.3. The number of fused-ring (bicyclic) bond motifs is 1. The normalized spacial score (nSPS) is 14.6. The molecule has 6 heteroatoms. The number of nitrogens with two attached hydrogens (primary N) is 1. The lowest BCUT2D eigenvalue weighted by Gasteiger charge is -2.18. The number of methoxy groups -OCH3 is 1. The van der Waals surface area contributed by atoms with E-state index in [2.05, 4.69) is 22.3 Å². The summed E-state index contributed by atoms with van der Waals surface area (Å²) in [6.45, 7) is 2.15. The van der Waals surface area contributed by atoms with E-state index in [1.807, 2.05) is 25.1 Å². The maximum Gasteiger partial charge on any atom is 0.268 e. The monoisotopic (exact) mass is 289 g/mol. The Balaban J connectivity index is 1.97. The molecule has 2 aromatic heterocycles. The molecule has 3 aromatic rings. The molecule has 0 aliphatic carbocycles. The predicted molar refractivity (Wildman–Crippen MR) is 78.5 cm³/mol. The van der Waals surface area contributed by atoms with Crippen molar-refractivity contribution in [2.75, 3.05) is 13.7 Å². The van der Waals surface area contributed by atoms with Crippen LogP contribution in [0.2, 0.25) is 0 Å². The van der Waals surface area contributed by atoms with Crippen molar-refractivity contribution in [2.45, 2.75) is 12.5 Å². The Morgan fingerprint density at radius 1 is 1.40 bits per heavy atom.